The second-order valence-electron chi connectivity index (χ2n) is 7.59. The van der Waals surface area contributed by atoms with E-state index in [1.165, 1.54) is 0 Å². The summed E-state index contributed by atoms with van der Waals surface area (Å²) in [6.45, 7) is 2.21. The monoisotopic (exact) mass is 444 g/mol. The molecule has 2 aromatic carbocycles. The average Bonchev–Trinajstić information content (AvgIpc) is 3.30. The van der Waals surface area contributed by atoms with Crippen molar-refractivity contribution in [1.29, 1.82) is 0 Å². The summed E-state index contributed by atoms with van der Waals surface area (Å²) in [6.07, 6.45) is 2.98. The van der Waals surface area contributed by atoms with Crippen LogP contribution in [0.5, 0.6) is 5.75 Å². The molecule has 0 aromatic heterocycles. The van der Waals surface area contributed by atoms with Crippen LogP contribution in [0.3, 0.4) is 0 Å². The summed E-state index contributed by atoms with van der Waals surface area (Å²) in [7, 11) is 1.63. The number of hydrogen-bond donors (Lipinski definition) is 1. The van der Waals surface area contributed by atoms with Gasteiger partial charge in [-0.1, -0.05) is 29.8 Å². The molecule has 0 unspecified atom stereocenters. The van der Waals surface area contributed by atoms with Gasteiger partial charge in [-0.05, 0) is 49.6 Å². The molecule has 0 aliphatic carbocycles. The largest absolute Gasteiger partial charge is 0.496 e. The molecule has 1 N–H and O–H groups in total. The highest BCUT2D eigenvalue weighted by atomic mass is 35.5. The van der Waals surface area contributed by atoms with Gasteiger partial charge in [-0.15, -0.1) is 0 Å². The van der Waals surface area contributed by atoms with Gasteiger partial charge in [0.1, 0.15) is 5.75 Å². The van der Waals surface area contributed by atoms with Crippen LogP contribution in [0, 0.1) is 0 Å². The van der Waals surface area contributed by atoms with Crippen LogP contribution in [0.4, 0.5) is 0 Å². The molecule has 1 aliphatic heterocycles. The number of benzene rings is 2. The van der Waals surface area contributed by atoms with Crippen LogP contribution in [-0.4, -0.2) is 49.6 Å². The third-order valence-electron chi connectivity index (χ3n) is 5.31. The molecule has 2 amide bonds. The van der Waals surface area contributed by atoms with Gasteiger partial charge in [0.05, 0.1) is 13.2 Å². The minimum atomic E-state index is -0.172. The molecule has 31 heavy (non-hydrogen) atoms. The fourth-order valence-electron chi connectivity index (χ4n) is 3.63. The van der Waals surface area contributed by atoms with E-state index in [-0.39, 0.29) is 17.9 Å². The number of carbonyl (C=O) groups is 2. The Hall–Kier alpha value is -2.57. The van der Waals surface area contributed by atoms with Crippen molar-refractivity contribution in [3.63, 3.8) is 0 Å². The topological polar surface area (TPSA) is 67.9 Å². The zero-order chi connectivity index (χ0) is 22.1. The van der Waals surface area contributed by atoms with Crippen molar-refractivity contribution in [2.75, 3.05) is 26.8 Å². The number of para-hydroxylation sites is 1. The molecule has 1 saturated heterocycles. The molecule has 6 nitrogen and oxygen atoms in total. The van der Waals surface area contributed by atoms with Gasteiger partial charge in [0.25, 0.3) is 5.91 Å². The quantitative estimate of drug-likeness (QED) is 0.561. The molecule has 0 radical (unpaired) electrons. The minimum absolute atomic E-state index is 0.0437. The van der Waals surface area contributed by atoms with Gasteiger partial charge in [0.15, 0.2) is 0 Å². The highest BCUT2D eigenvalue weighted by Crippen LogP contribution is 2.22. The summed E-state index contributed by atoms with van der Waals surface area (Å²) in [5.41, 5.74) is 1.51. The predicted molar refractivity (Wildman–Crippen MR) is 120 cm³/mol. The Morgan fingerprint density at radius 1 is 1.19 bits per heavy atom. The number of ether oxygens (including phenoxy) is 2. The number of halogens is 1. The van der Waals surface area contributed by atoms with Gasteiger partial charge in [-0.2, -0.15) is 0 Å². The van der Waals surface area contributed by atoms with Crippen LogP contribution in [0.25, 0.3) is 0 Å². The SMILES string of the molecule is COc1ccccc1CN(C[C@@H]1CCCO1)C(=O)CCCNC(=O)c1ccc(Cl)cc1. The fourth-order valence-corrected chi connectivity index (χ4v) is 3.76. The second kappa shape index (κ2) is 11.7. The first-order valence-electron chi connectivity index (χ1n) is 10.6. The standard InChI is InChI=1S/C24H29ClN2O4/c1-30-22-8-3-2-6-19(22)16-27(17-21-7-5-15-31-21)23(28)9-4-14-26-24(29)18-10-12-20(25)13-11-18/h2-3,6,8,10-13,21H,4-5,7,9,14-17H2,1H3,(H,26,29)/t21-/m0/s1. The molecule has 2 aromatic rings. The lowest BCUT2D eigenvalue weighted by molar-refractivity contribution is -0.133. The highest BCUT2D eigenvalue weighted by molar-refractivity contribution is 6.30. The van der Waals surface area contributed by atoms with Crippen LogP contribution in [0.1, 0.15) is 41.6 Å². The van der Waals surface area contributed by atoms with Gasteiger partial charge in [0.2, 0.25) is 5.91 Å². The minimum Gasteiger partial charge on any atom is -0.496 e. The Kier molecular flexibility index (Phi) is 8.74. The number of hydrogen-bond acceptors (Lipinski definition) is 4. The molecular formula is C24H29ClN2O4. The van der Waals surface area contributed by atoms with Crippen LogP contribution in [0.2, 0.25) is 5.02 Å². The van der Waals surface area contributed by atoms with E-state index in [0.29, 0.717) is 43.1 Å². The van der Waals surface area contributed by atoms with Crippen molar-refractivity contribution in [1.82, 2.24) is 10.2 Å². The van der Waals surface area contributed by atoms with E-state index in [4.69, 9.17) is 21.1 Å². The molecule has 166 valence electrons. The number of nitrogens with zero attached hydrogens (tertiary/aromatic N) is 1. The maximum Gasteiger partial charge on any atom is 0.251 e. The van der Waals surface area contributed by atoms with Gasteiger partial charge in [-0.3, -0.25) is 9.59 Å². The Bertz CT molecular complexity index is 866. The zero-order valence-electron chi connectivity index (χ0n) is 17.8. The Morgan fingerprint density at radius 3 is 2.68 bits per heavy atom. The number of methoxy groups -OCH3 is 1. The molecule has 0 bridgehead atoms. The molecule has 1 aliphatic rings. The number of nitrogens with one attached hydrogen (secondary N) is 1. The molecule has 1 atom stereocenters. The Labute approximate surface area is 188 Å². The van der Waals surface area contributed by atoms with Crippen LogP contribution in [0.15, 0.2) is 48.5 Å². The smallest absolute Gasteiger partial charge is 0.251 e. The van der Waals surface area contributed by atoms with E-state index >= 15 is 0 Å². The van der Waals surface area contributed by atoms with Crippen LogP contribution < -0.4 is 10.1 Å². The second-order valence-corrected chi connectivity index (χ2v) is 8.02. The van der Waals surface area contributed by atoms with Crippen molar-refractivity contribution in [3.8, 4) is 5.75 Å². The van der Waals surface area contributed by atoms with E-state index in [1.807, 2.05) is 29.2 Å². The average molecular weight is 445 g/mol. The molecule has 0 spiro atoms. The first-order chi connectivity index (χ1) is 15.1. The summed E-state index contributed by atoms with van der Waals surface area (Å²) >= 11 is 5.85. The normalized spacial score (nSPS) is 15.5. The molecular weight excluding hydrogens is 416 g/mol. The van der Waals surface area contributed by atoms with Crippen LogP contribution in [-0.2, 0) is 16.1 Å². The van der Waals surface area contributed by atoms with Crippen LogP contribution >= 0.6 is 11.6 Å². The highest BCUT2D eigenvalue weighted by Gasteiger charge is 2.23. The van der Waals surface area contributed by atoms with E-state index in [9.17, 15) is 9.59 Å². The van der Waals surface area contributed by atoms with E-state index in [0.717, 1.165) is 30.8 Å². The molecule has 1 fully saturated rings. The van der Waals surface area contributed by atoms with Gasteiger partial charge in [0, 0.05) is 48.8 Å². The lowest BCUT2D eigenvalue weighted by Gasteiger charge is -2.26. The van der Waals surface area contributed by atoms with Gasteiger partial charge >= 0.3 is 0 Å². The Morgan fingerprint density at radius 2 is 1.97 bits per heavy atom. The fraction of sp³-hybridized carbons (Fsp3) is 0.417. The van der Waals surface area contributed by atoms with E-state index in [1.54, 1.807) is 31.4 Å². The lowest BCUT2D eigenvalue weighted by Crippen LogP contribution is -2.37. The Balaban J connectivity index is 1.53. The molecule has 3 rings (SSSR count). The summed E-state index contributed by atoms with van der Waals surface area (Å²) in [4.78, 5) is 27.0. The van der Waals surface area contributed by atoms with E-state index in [2.05, 4.69) is 5.32 Å². The van der Waals surface area contributed by atoms with Crippen molar-refractivity contribution in [2.24, 2.45) is 0 Å². The van der Waals surface area contributed by atoms with Crippen molar-refractivity contribution >= 4 is 23.4 Å². The van der Waals surface area contributed by atoms with E-state index < -0.39 is 0 Å². The maximum absolute atomic E-state index is 13.0. The lowest BCUT2D eigenvalue weighted by atomic mass is 10.1. The van der Waals surface area contributed by atoms with Crippen molar-refractivity contribution in [3.05, 3.63) is 64.7 Å². The summed E-state index contributed by atoms with van der Waals surface area (Å²) in [5, 5.41) is 3.44. The zero-order valence-corrected chi connectivity index (χ0v) is 18.6. The third-order valence-corrected chi connectivity index (χ3v) is 5.57. The molecule has 7 heteroatoms. The molecule has 0 saturated carbocycles. The summed E-state index contributed by atoms with van der Waals surface area (Å²) in [6, 6.07) is 14.5. The first-order valence-corrected chi connectivity index (χ1v) is 11.0. The molecule has 1 heterocycles. The summed E-state index contributed by atoms with van der Waals surface area (Å²) in [5.74, 6) is 0.638. The van der Waals surface area contributed by atoms with Crippen molar-refractivity contribution in [2.45, 2.75) is 38.3 Å². The number of rotatable bonds is 10. The van der Waals surface area contributed by atoms with Crippen molar-refractivity contribution < 1.29 is 19.1 Å². The number of carbonyl (C=O) groups excluding carboxylic acids is 2. The van der Waals surface area contributed by atoms with Gasteiger partial charge < -0.3 is 19.7 Å². The first kappa shape index (κ1) is 23.1. The number of amides is 2. The van der Waals surface area contributed by atoms with Gasteiger partial charge in [-0.25, -0.2) is 0 Å². The summed E-state index contributed by atoms with van der Waals surface area (Å²) < 4.78 is 11.2. The maximum atomic E-state index is 13.0. The third kappa shape index (κ3) is 6.97. The predicted octanol–water partition coefficient (Wildman–Crippen LogP) is 4.07.